The molecule has 206 valence electrons. The van der Waals surface area contributed by atoms with Gasteiger partial charge in [-0.05, 0) is 54.7 Å². The van der Waals surface area contributed by atoms with Gasteiger partial charge in [0.1, 0.15) is 17.5 Å². The molecule has 8 heteroatoms. The standard InChI is InChI=1S/C33H31FN6O/c1-22-30-31(38-16-18-39(19-17-38)33(41)28-21-27(28)24-10-6-3-7-11-24)35-29(20-23-8-4-2-5-9-23)36-32(30)40(37-22)26-14-12-25(34)13-15-26/h2-15,27-28H,16-21H2,1H3/t27-,28-/m0/s1. The summed E-state index contributed by atoms with van der Waals surface area (Å²) in [6, 6.07) is 26.8. The minimum Gasteiger partial charge on any atom is -0.352 e. The normalized spacial score (nSPS) is 18.6. The number of piperazine rings is 1. The SMILES string of the molecule is Cc1nn(-c2ccc(F)cc2)c2nc(Cc3ccccc3)nc(N3CCN(C(=O)[C@H]4C[C@H]4c4ccccc4)CC3)c12. The van der Waals surface area contributed by atoms with Gasteiger partial charge in [-0.15, -0.1) is 0 Å². The Morgan fingerprint density at radius 1 is 0.878 bits per heavy atom. The number of halogens is 1. The summed E-state index contributed by atoms with van der Waals surface area (Å²) in [5, 5.41) is 5.69. The Labute approximate surface area is 238 Å². The van der Waals surface area contributed by atoms with Crippen LogP contribution in [0.3, 0.4) is 0 Å². The molecule has 7 nitrogen and oxygen atoms in total. The summed E-state index contributed by atoms with van der Waals surface area (Å²) in [6.45, 7) is 4.64. The van der Waals surface area contributed by atoms with Crippen LogP contribution in [0.5, 0.6) is 0 Å². The molecule has 0 radical (unpaired) electrons. The van der Waals surface area contributed by atoms with E-state index in [9.17, 15) is 9.18 Å². The van der Waals surface area contributed by atoms with E-state index in [0.717, 1.165) is 34.6 Å². The van der Waals surface area contributed by atoms with E-state index in [1.54, 1.807) is 16.8 Å². The average molecular weight is 547 g/mol. The second-order valence-corrected chi connectivity index (χ2v) is 11.0. The number of fused-ring (bicyclic) bond motifs is 1. The molecule has 1 amide bonds. The fourth-order valence-electron chi connectivity index (χ4n) is 5.96. The molecule has 41 heavy (non-hydrogen) atoms. The van der Waals surface area contributed by atoms with E-state index in [1.165, 1.54) is 17.7 Å². The van der Waals surface area contributed by atoms with Crippen molar-refractivity contribution in [2.45, 2.75) is 25.7 Å². The first-order valence-corrected chi connectivity index (χ1v) is 14.2. The van der Waals surface area contributed by atoms with Gasteiger partial charge in [0.2, 0.25) is 5.91 Å². The number of carbonyl (C=O) groups is 1. The van der Waals surface area contributed by atoms with Gasteiger partial charge in [-0.2, -0.15) is 5.10 Å². The number of aromatic nitrogens is 4. The number of carbonyl (C=O) groups excluding carboxylic acids is 1. The van der Waals surface area contributed by atoms with Crippen LogP contribution in [0.25, 0.3) is 16.7 Å². The van der Waals surface area contributed by atoms with E-state index < -0.39 is 0 Å². The van der Waals surface area contributed by atoms with Crippen LogP contribution in [0.1, 0.15) is 35.0 Å². The van der Waals surface area contributed by atoms with Crippen molar-refractivity contribution in [1.29, 1.82) is 0 Å². The molecule has 0 bridgehead atoms. The molecule has 7 rings (SSSR count). The van der Waals surface area contributed by atoms with E-state index >= 15 is 0 Å². The Bertz CT molecular complexity index is 1700. The summed E-state index contributed by atoms with van der Waals surface area (Å²) in [7, 11) is 0. The fraction of sp³-hybridized carbons (Fsp3) is 0.273. The number of amides is 1. The molecule has 3 aromatic carbocycles. The lowest BCUT2D eigenvalue weighted by atomic mass is 10.1. The average Bonchev–Trinajstić information content (AvgIpc) is 3.75. The van der Waals surface area contributed by atoms with E-state index in [2.05, 4.69) is 29.2 Å². The van der Waals surface area contributed by atoms with Gasteiger partial charge >= 0.3 is 0 Å². The number of hydrogen-bond acceptors (Lipinski definition) is 5. The van der Waals surface area contributed by atoms with Gasteiger partial charge in [-0.3, -0.25) is 4.79 Å². The van der Waals surface area contributed by atoms with Crippen LogP contribution in [0.15, 0.2) is 84.9 Å². The molecular formula is C33H31FN6O. The zero-order valence-corrected chi connectivity index (χ0v) is 22.9. The number of aryl methyl sites for hydroxylation is 1. The Kier molecular flexibility index (Phi) is 6.46. The third-order valence-electron chi connectivity index (χ3n) is 8.23. The van der Waals surface area contributed by atoms with Crippen molar-refractivity contribution >= 4 is 22.8 Å². The van der Waals surface area contributed by atoms with E-state index in [-0.39, 0.29) is 17.6 Å². The fourth-order valence-corrected chi connectivity index (χ4v) is 5.96. The molecule has 0 N–H and O–H groups in total. The predicted octanol–water partition coefficient (Wildman–Crippen LogP) is 5.31. The van der Waals surface area contributed by atoms with Crippen LogP contribution in [0.2, 0.25) is 0 Å². The Morgan fingerprint density at radius 3 is 2.27 bits per heavy atom. The van der Waals surface area contributed by atoms with Crippen molar-refractivity contribution in [2.75, 3.05) is 31.1 Å². The highest BCUT2D eigenvalue weighted by Gasteiger charge is 2.46. The van der Waals surface area contributed by atoms with Gasteiger partial charge in [0.05, 0.1) is 16.8 Å². The number of nitrogens with zero attached hydrogens (tertiary/aromatic N) is 6. The molecule has 1 aliphatic heterocycles. The first-order chi connectivity index (χ1) is 20.0. The minimum absolute atomic E-state index is 0.0865. The number of benzene rings is 3. The van der Waals surface area contributed by atoms with E-state index in [0.29, 0.717) is 50.0 Å². The second kappa shape index (κ2) is 10.4. The topological polar surface area (TPSA) is 67.2 Å². The maximum absolute atomic E-state index is 13.7. The third-order valence-corrected chi connectivity index (χ3v) is 8.23. The van der Waals surface area contributed by atoms with Crippen LogP contribution >= 0.6 is 0 Å². The summed E-state index contributed by atoms with van der Waals surface area (Å²) in [6.07, 6.45) is 1.51. The van der Waals surface area contributed by atoms with Crippen molar-refractivity contribution < 1.29 is 9.18 Å². The molecule has 0 spiro atoms. The zero-order valence-electron chi connectivity index (χ0n) is 22.9. The highest BCUT2D eigenvalue weighted by Crippen LogP contribution is 2.48. The Morgan fingerprint density at radius 2 is 1.56 bits per heavy atom. The van der Waals surface area contributed by atoms with Crippen molar-refractivity contribution in [3.05, 3.63) is 113 Å². The van der Waals surface area contributed by atoms with Crippen molar-refractivity contribution in [2.24, 2.45) is 5.92 Å². The maximum Gasteiger partial charge on any atom is 0.226 e. The van der Waals surface area contributed by atoms with Crippen molar-refractivity contribution in [3.8, 4) is 5.69 Å². The largest absolute Gasteiger partial charge is 0.352 e. The lowest BCUT2D eigenvalue weighted by Crippen LogP contribution is -2.49. The van der Waals surface area contributed by atoms with Gasteiger partial charge in [-0.1, -0.05) is 60.7 Å². The monoisotopic (exact) mass is 546 g/mol. The zero-order chi connectivity index (χ0) is 27.9. The van der Waals surface area contributed by atoms with E-state index in [4.69, 9.17) is 15.1 Å². The molecule has 3 heterocycles. The Hall–Kier alpha value is -4.59. The second-order valence-electron chi connectivity index (χ2n) is 11.0. The molecule has 2 aliphatic rings. The van der Waals surface area contributed by atoms with Crippen LogP contribution in [-0.4, -0.2) is 56.7 Å². The number of anilines is 1. The third kappa shape index (κ3) is 4.94. The lowest BCUT2D eigenvalue weighted by molar-refractivity contribution is -0.133. The molecule has 1 aliphatic carbocycles. The summed E-state index contributed by atoms with van der Waals surface area (Å²) in [5.74, 6) is 1.93. The summed E-state index contributed by atoms with van der Waals surface area (Å²) >= 11 is 0. The van der Waals surface area contributed by atoms with Gasteiger partial charge < -0.3 is 9.80 Å². The lowest BCUT2D eigenvalue weighted by Gasteiger charge is -2.36. The molecule has 0 unspecified atom stereocenters. The van der Waals surface area contributed by atoms with Crippen LogP contribution < -0.4 is 4.90 Å². The molecule has 2 aromatic heterocycles. The van der Waals surface area contributed by atoms with Crippen LogP contribution in [0, 0.1) is 18.7 Å². The quantitative estimate of drug-likeness (QED) is 0.289. The van der Waals surface area contributed by atoms with Crippen molar-refractivity contribution in [3.63, 3.8) is 0 Å². The first kappa shape index (κ1) is 25.4. The predicted molar refractivity (Wildman–Crippen MR) is 157 cm³/mol. The smallest absolute Gasteiger partial charge is 0.226 e. The first-order valence-electron chi connectivity index (χ1n) is 14.2. The van der Waals surface area contributed by atoms with E-state index in [1.807, 2.05) is 48.2 Å². The van der Waals surface area contributed by atoms with Gasteiger partial charge in [0.25, 0.3) is 0 Å². The summed E-state index contributed by atoms with van der Waals surface area (Å²) in [5.41, 5.74) is 4.63. The van der Waals surface area contributed by atoms with Gasteiger partial charge in [0.15, 0.2) is 5.65 Å². The van der Waals surface area contributed by atoms with Gasteiger partial charge in [0, 0.05) is 38.5 Å². The molecule has 1 saturated heterocycles. The van der Waals surface area contributed by atoms with Gasteiger partial charge in [-0.25, -0.2) is 19.0 Å². The summed E-state index contributed by atoms with van der Waals surface area (Å²) < 4.78 is 15.5. The van der Waals surface area contributed by atoms with Crippen LogP contribution in [-0.2, 0) is 11.2 Å². The Balaban J connectivity index is 1.18. The highest BCUT2D eigenvalue weighted by atomic mass is 19.1. The summed E-state index contributed by atoms with van der Waals surface area (Å²) in [4.78, 5) is 27.6. The molecule has 5 aromatic rings. The van der Waals surface area contributed by atoms with Crippen molar-refractivity contribution in [1.82, 2.24) is 24.6 Å². The number of hydrogen-bond donors (Lipinski definition) is 0. The molecule has 1 saturated carbocycles. The maximum atomic E-state index is 13.7. The highest BCUT2D eigenvalue weighted by molar-refractivity contribution is 5.91. The number of rotatable bonds is 6. The molecule has 2 atom stereocenters. The van der Waals surface area contributed by atoms with Crippen LogP contribution in [0.4, 0.5) is 10.2 Å². The minimum atomic E-state index is -0.296. The molecule has 2 fully saturated rings. The molecular weight excluding hydrogens is 515 g/mol.